The highest BCUT2D eigenvalue weighted by Gasteiger charge is 2.09. The van der Waals surface area contributed by atoms with Gasteiger partial charge in [0.2, 0.25) is 0 Å². The molecular formula is C12H16O3. The molecule has 0 spiro atoms. The molecule has 0 fully saturated rings. The summed E-state index contributed by atoms with van der Waals surface area (Å²) in [5, 5.41) is 18.9. The highest BCUT2D eigenvalue weighted by Crippen LogP contribution is 2.33. The maximum Gasteiger partial charge on any atom is 0.129 e. The van der Waals surface area contributed by atoms with Crippen molar-refractivity contribution in [2.24, 2.45) is 0 Å². The third-order valence-corrected chi connectivity index (χ3v) is 2.10. The van der Waals surface area contributed by atoms with E-state index in [0.717, 1.165) is 0 Å². The number of hydrogen-bond acceptors (Lipinski definition) is 3. The van der Waals surface area contributed by atoms with Crippen molar-refractivity contribution >= 4 is 0 Å². The summed E-state index contributed by atoms with van der Waals surface area (Å²) < 4.78 is 5.09. The zero-order valence-corrected chi connectivity index (χ0v) is 9.24. The van der Waals surface area contributed by atoms with E-state index in [1.54, 1.807) is 0 Å². The van der Waals surface area contributed by atoms with Gasteiger partial charge in [-0.05, 0) is 20.3 Å². The predicted molar refractivity (Wildman–Crippen MR) is 59.5 cm³/mol. The van der Waals surface area contributed by atoms with Gasteiger partial charge < -0.3 is 14.9 Å². The van der Waals surface area contributed by atoms with Crippen LogP contribution in [0.5, 0.6) is 17.2 Å². The van der Waals surface area contributed by atoms with E-state index in [1.165, 1.54) is 24.8 Å². The molecule has 0 heterocycles. The van der Waals surface area contributed by atoms with Crippen molar-refractivity contribution in [2.75, 3.05) is 7.11 Å². The topological polar surface area (TPSA) is 49.7 Å². The fraction of sp³-hybridized carbons (Fsp3) is 0.333. The molecule has 2 N–H and O–H groups in total. The maximum absolute atomic E-state index is 9.65. The number of benzene rings is 1. The zero-order chi connectivity index (χ0) is 11.4. The van der Waals surface area contributed by atoms with Gasteiger partial charge in [0.05, 0.1) is 7.11 Å². The van der Waals surface area contributed by atoms with Crippen LogP contribution in [-0.2, 0) is 6.42 Å². The van der Waals surface area contributed by atoms with Crippen LogP contribution in [0.1, 0.15) is 19.4 Å². The van der Waals surface area contributed by atoms with Crippen molar-refractivity contribution in [1.29, 1.82) is 0 Å². The first-order chi connectivity index (χ1) is 7.04. The lowest BCUT2D eigenvalue weighted by Gasteiger charge is -2.09. The van der Waals surface area contributed by atoms with Gasteiger partial charge in [0.25, 0.3) is 0 Å². The Morgan fingerprint density at radius 3 is 2.53 bits per heavy atom. The Kier molecular flexibility index (Phi) is 3.61. The van der Waals surface area contributed by atoms with Crippen molar-refractivity contribution in [3.63, 3.8) is 0 Å². The molecular weight excluding hydrogens is 192 g/mol. The molecule has 15 heavy (non-hydrogen) atoms. The number of phenols is 2. The Labute approximate surface area is 89.6 Å². The summed E-state index contributed by atoms with van der Waals surface area (Å²) in [5.41, 5.74) is 1.86. The Morgan fingerprint density at radius 2 is 2.00 bits per heavy atom. The summed E-state index contributed by atoms with van der Waals surface area (Å²) in [7, 11) is 1.51. The summed E-state index contributed by atoms with van der Waals surface area (Å²) in [6.07, 6.45) is 2.59. The molecule has 0 aliphatic heterocycles. The third kappa shape index (κ3) is 2.91. The lowest BCUT2D eigenvalue weighted by molar-refractivity contribution is 0.391. The average Bonchev–Trinajstić information content (AvgIpc) is 2.14. The highest BCUT2D eigenvalue weighted by atomic mass is 16.5. The lowest BCUT2D eigenvalue weighted by Crippen LogP contribution is -1.91. The molecule has 82 valence electrons. The lowest BCUT2D eigenvalue weighted by atomic mass is 10.1. The smallest absolute Gasteiger partial charge is 0.129 e. The largest absolute Gasteiger partial charge is 0.508 e. The number of aromatic hydroxyl groups is 2. The number of ether oxygens (including phenoxy) is 1. The number of methoxy groups -OCH3 is 1. The van der Waals surface area contributed by atoms with Crippen LogP contribution in [0.25, 0.3) is 0 Å². The third-order valence-electron chi connectivity index (χ3n) is 2.10. The van der Waals surface area contributed by atoms with E-state index in [1.807, 2.05) is 19.9 Å². The number of rotatable bonds is 3. The van der Waals surface area contributed by atoms with Gasteiger partial charge in [-0.25, -0.2) is 0 Å². The minimum Gasteiger partial charge on any atom is -0.508 e. The van der Waals surface area contributed by atoms with Crippen LogP contribution >= 0.6 is 0 Å². The van der Waals surface area contributed by atoms with Crippen LogP contribution in [0.2, 0.25) is 0 Å². The Bertz CT molecular complexity index is 377. The monoisotopic (exact) mass is 208 g/mol. The van der Waals surface area contributed by atoms with E-state index < -0.39 is 0 Å². The van der Waals surface area contributed by atoms with Crippen molar-refractivity contribution < 1.29 is 14.9 Å². The summed E-state index contributed by atoms with van der Waals surface area (Å²) >= 11 is 0. The van der Waals surface area contributed by atoms with E-state index in [-0.39, 0.29) is 11.5 Å². The maximum atomic E-state index is 9.65. The van der Waals surface area contributed by atoms with E-state index in [4.69, 9.17) is 4.74 Å². The van der Waals surface area contributed by atoms with Crippen LogP contribution in [0.4, 0.5) is 0 Å². The van der Waals surface area contributed by atoms with Crippen LogP contribution in [0.15, 0.2) is 23.8 Å². The molecule has 1 aromatic carbocycles. The molecule has 0 radical (unpaired) electrons. The second-order valence-corrected chi connectivity index (χ2v) is 3.63. The Hall–Kier alpha value is -1.64. The molecule has 0 saturated carbocycles. The van der Waals surface area contributed by atoms with Gasteiger partial charge in [0, 0.05) is 17.7 Å². The molecule has 0 bridgehead atoms. The zero-order valence-electron chi connectivity index (χ0n) is 9.24. The van der Waals surface area contributed by atoms with Gasteiger partial charge >= 0.3 is 0 Å². The van der Waals surface area contributed by atoms with Crippen molar-refractivity contribution in [1.82, 2.24) is 0 Å². The first kappa shape index (κ1) is 11.4. The molecule has 3 heteroatoms. The molecule has 1 rings (SSSR count). The number of allylic oxidation sites excluding steroid dienone is 2. The van der Waals surface area contributed by atoms with E-state index in [2.05, 4.69) is 0 Å². The molecule has 0 saturated heterocycles. The molecule has 0 amide bonds. The average molecular weight is 208 g/mol. The Morgan fingerprint density at radius 1 is 1.33 bits per heavy atom. The van der Waals surface area contributed by atoms with Gasteiger partial charge in [-0.15, -0.1) is 0 Å². The summed E-state index contributed by atoms with van der Waals surface area (Å²) in [6, 6.07) is 2.81. The van der Waals surface area contributed by atoms with Crippen molar-refractivity contribution in [3.8, 4) is 17.2 Å². The summed E-state index contributed by atoms with van der Waals surface area (Å²) in [5.74, 6) is 0.569. The molecule has 1 aromatic rings. The molecule has 0 aliphatic carbocycles. The second kappa shape index (κ2) is 4.73. The first-order valence-electron chi connectivity index (χ1n) is 4.76. The minimum atomic E-state index is 0.00491. The summed E-state index contributed by atoms with van der Waals surface area (Å²) in [4.78, 5) is 0. The van der Waals surface area contributed by atoms with Crippen molar-refractivity contribution in [2.45, 2.75) is 20.3 Å². The number of hydrogen-bond donors (Lipinski definition) is 2. The predicted octanol–water partition coefficient (Wildman–Crippen LogP) is 2.62. The van der Waals surface area contributed by atoms with Crippen LogP contribution in [-0.4, -0.2) is 17.3 Å². The van der Waals surface area contributed by atoms with E-state index in [9.17, 15) is 10.2 Å². The van der Waals surface area contributed by atoms with Crippen LogP contribution in [0, 0.1) is 0 Å². The van der Waals surface area contributed by atoms with Gasteiger partial charge in [-0.2, -0.15) is 0 Å². The second-order valence-electron chi connectivity index (χ2n) is 3.63. The van der Waals surface area contributed by atoms with Crippen LogP contribution < -0.4 is 4.74 Å². The Balaban J connectivity index is 3.09. The molecule has 0 unspecified atom stereocenters. The SMILES string of the molecule is COc1cc(O)cc(O)c1CC=C(C)C. The fourth-order valence-electron chi connectivity index (χ4n) is 1.31. The van der Waals surface area contributed by atoms with E-state index in [0.29, 0.717) is 17.7 Å². The quantitative estimate of drug-likeness (QED) is 0.751. The first-order valence-corrected chi connectivity index (χ1v) is 4.76. The molecule has 3 nitrogen and oxygen atoms in total. The normalized spacial score (nSPS) is 9.80. The van der Waals surface area contributed by atoms with E-state index >= 15 is 0 Å². The molecule has 0 aliphatic rings. The van der Waals surface area contributed by atoms with Gasteiger partial charge in [0.15, 0.2) is 0 Å². The van der Waals surface area contributed by atoms with Crippen molar-refractivity contribution in [3.05, 3.63) is 29.3 Å². The highest BCUT2D eigenvalue weighted by molar-refractivity contribution is 5.50. The van der Waals surface area contributed by atoms with Crippen LogP contribution in [0.3, 0.4) is 0 Å². The standard InChI is InChI=1S/C12H16O3/c1-8(2)4-5-10-11(14)6-9(13)7-12(10)15-3/h4,6-7,13-14H,5H2,1-3H3. The van der Waals surface area contributed by atoms with Gasteiger partial charge in [-0.3, -0.25) is 0 Å². The summed E-state index contributed by atoms with van der Waals surface area (Å²) in [6.45, 7) is 3.98. The van der Waals surface area contributed by atoms with Gasteiger partial charge in [0.1, 0.15) is 17.2 Å². The van der Waals surface area contributed by atoms with Gasteiger partial charge in [-0.1, -0.05) is 11.6 Å². The molecule has 0 aromatic heterocycles. The fourth-order valence-corrected chi connectivity index (χ4v) is 1.31. The molecule has 0 atom stereocenters. The number of phenolic OH excluding ortho intramolecular Hbond substituents is 2. The minimum absolute atomic E-state index is 0.00491.